The number of carbonyl (C=O) groups excluding carboxylic acids is 3. The van der Waals surface area contributed by atoms with E-state index in [0.717, 1.165) is 5.56 Å². The second-order valence-electron chi connectivity index (χ2n) is 6.21. The molecule has 0 aliphatic carbocycles. The Bertz CT molecular complexity index is 642. The third-order valence-corrected chi connectivity index (χ3v) is 4.64. The number of piperazine rings is 1. The van der Waals surface area contributed by atoms with Gasteiger partial charge < -0.3 is 14.7 Å². The molecule has 1 aromatic rings. The number of amides is 3. The zero-order valence-electron chi connectivity index (χ0n) is 14.7. The molecule has 0 aromatic heterocycles. The Morgan fingerprint density at radius 2 is 1.72 bits per heavy atom. The summed E-state index contributed by atoms with van der Waals surface area (Å²) in [6, 6.07) is 7.49. The lowest BCUT2D eigenvalue weighted by molar-refractivity contribution is -0.142. The number of benzene rings is 1. The summed E-state index contributed by atoms with van der Waals surface area (Å²) in [5, 5.41) is 0.659. The number of halogens is 1. The summed E-state index contributed by atoms with van der Waals surface area (Å²) in [6.07, 6.45) is 0.644. The van der Waals surface area contributed by atoms with Gasteiger partial charge in [0.15, 0.2) is 0 Å². The number of rotatable bonds is 5. The predicted molar refractivity (Wildman–Crippen MR) is 96.2 cm³/mol. The zero-order valence-corrected chi connectivity index (χ0v) is 15.5. The SMILES string of the molecule is CC(=O)N1CCN(C(=O)CN(CCc2cccc(Cl)c2)C(C)=O)CC1. The molecule has 1 aliphatic heterocycles. The average molecular weight is 366 g/mol. The Hall–Kier alpha value is -2.08. The average Bonchev–Trinajstić information content (AvgIpc) is 2.58. The number of hydrogen-bond acceptors (Lipinski definition) is 3. The van der Waals surface area contributed by atoms with Crippen LogP contribution in [0.2, 0.25) is 5.02 Å². The van der Waals surface area contributed by atoms with Crippen LogP contribution >= 0.6 is 11.6 Å². The molecule has 1 fully saturated rings. The van der Waals surface area contributed by atoms with Crippen LogP contribution in [-0.4, -0.2) is 71.7 Å². The van der Waals surface area contributed by atoms with E-state index in [2.05, 4.69) is 0 Å². The Morgan fingerprint density at radius 1 is 1.08 bits per heavy atom. The lowest BCUT2D eigenvalue weighted by Gasteiger charge is -2.35. The van der Waals surface area contributed by atoms with Crippen LogP contribution in [0, 0.1) is 0 Å². The molecule has 0 radical (unpaired) electrons. The second-order valence-corrected chi connectivity index (χ2v) is 6.64. The molecule has 136 valence electrons. The maximum absolute atomic E-state index is 12.5. The van der Waals surface area contributed by atoms with E-state index in [1.54, 1.807) is 20.8 Å². The molecule has 0 spiro atoms. The van der Waals surface area contributed by atoms with E-state index in [0.29, 0.717) is 44.2 Å². The van der Waals surface area contributed by atoms with Gasteiger partial charge in [-0.25, -0.2) is 0 Å². The van der Waals surface area contributed by atoms with Gasteiger partial charge in [0.2, 0.25) is 17.7 Å². The molecule has 1 heterocycles. The Labute approximate surface area is 153 Å². The van der Waals surface area contributed by atoms with Crippen LogP contribution in [0.15, 0.2) is 24.3 Å². The molecule has 0 N–H and O–H groups in total. The van der Waals surface area contributed by atoms with Gasteiger partial charge in [0, 0.05) is 51.6 Å². The minimum atomic E-state index is -0.127. The first-order chi connectivity index (χ1) is 11.9. The molecular weight excluding hydrogens is 342 g/mol. The molecule has 25 heavy (non-hydrogen) atoms. The van der Waals surface area contributed by atoms with E-state index in [9.17, 15) is 14.4 Å². The topological polar surface area (TPSA) is 60.9 Å². The first kappa shape index (κ1) is 19.2. The van der Waals surface area contributed by atoms with Gasteiger partial charge in [0.25, 0.3) is 0 Å². The molecule has 3 amide bonds. The molecule has 0 saturated carbocycles. The van der Waals surface area contributed by atoms with Crippen molar-refractivity contribution in [2.24, 2.45) is 0 Å². The van der Waals surface area contributed by atoms with Crippen molar-refractivity contribution in [2.45, 2.75) is 20.3 Å². The molecule has 1 aliphatic rings. The van der Waals surface area contributed by atoms with Crippen molar-refractivity contribution in [3.8, 4) is 0 Å². The Balaban J connectivity index is 1.87. The number of hydrogen-bond donors (Lipinski definition) is 0. The molecule has 1 aromatic carbocycles. The first-order valence-corrected chi connectivity index (χ1v) is 8.78. The first-order valence-electron chi connectivity index (χ1n) is 8.40. The molecule has 7 heteroatoms. The van der Waals surface area contributed by atoms with Gasteiger partial charge in [-0.3, -0.25) is 14.4 Å². The van der Waals surface area contributed by atoms with Gasteiger partial charge >= 0.3 is 0 Å². The quantitative estimate of drug-likeness (QED) is 0.793. The fourth-order valence-corrected chi connectivity index (χ4v) is 3.05. The highest BCUT2D eigenvalue weighted by Gasteiger charge is 2.24. The van der Waals surface area contributed by atoms with Crippen molar-refractivity contribution >= 4 is 29.3 Å². The monoisotopic (exact) mass is 365 g/mol. The maximum Gasteiger partial charge on any atom is 0.242 e. The van der Waals surface area contributed by atoms with E-state index >= 15 is 0 Å². The fraction of sp³-hybridized carbons (Fsp3) is 0.500. The van der Waals surface area contributed by atoms with E-state index in [4.69, 9.17) is 11.6 Å². The lowest BCUT2D eigenvalue weighted by atomic mass is 10.1. The van der Waals surface area contributed by atoms with Gasteiger partial charge in [-0.05, 0) is 24.1 Å². The van der Waals surface area contributed by atoms with Gasteiger partial charge in [0.05, 0.1) is 6.54 Å². The summed E-state index contributed by atoms with van der Waals surface area (Å²) in [4.78, 5) is 40.7. The van der Waals surface area contributed by atoms with Crippen molar-refractivity contribution in [2.75, 3.05) is 39.3 Å². The van der Waals surface area contributed by atoms with Crippen LogP contribution < -0.4 is 0 Å². The maximum atomic E-state index is 12.5. The highest BCUT2D eigenvalue weighted by atomic mass is 35.5. The Morgan fingerprint density at radius 3 is 2.28 bits per heavy atom. The number of nitrogens with zero attached hydrogens (tertiary/aromatic N) is 3. The summed E-state index contributed by atoms with van der Waals surface area (Å²) < 4.78 is 0. The van der Waals surface area contributed by atoms with Crippen molar-refractivity contribution in [3.05, 3.63) is 34.9 Å². The van der Waals surface area contributed by atoms with Crippen LogP contribution in [0.4, 0.5) is 0 Å². The molecule has 0 bridgehead atoms. The summed E-state index contributed by atoms with van der Waals surface area (Å²) in [5.41, 5.74) is 1.03. The van der Waals surface area contributed by atoms with Crippen LogP contribution in [0.25, 0.3) is 0 Å². The van der Waals surface area contributed by atoms with Crippen molar-refractivity contribution in [3.63, 3.8) is 0 Å². The molecule has 1 saturated heterocycles. The minimum Gasteiger partial charge on any atom is -0.339 e. The van der Waals surface area contributed by atoms with Crippen molar-refractivity contribution < 1.29 is 14.4 Å². The summed E-state index contributed by atoms with van der Waals surface area (Å²) in [6.45, 7) is 5.65. The van der Waals surface area contributed by atoms with Crippen LogP contribution in [0.5, 0.6) is 0 Å². The summed E-state index contributed by atoms with van der Waals surface area (Å²) in [5.74, 6) is -0.179. The molecular formula is C18H24ClN3O3. The standard InChI is InChI=1S/C18H24ClN3O3/c1-14(23)20-8-10-21(11-9-20)18(25)13-22(15(2)24)7-6-16-4-3-5-17(19)12-16/h3-5,12H,6-11,13H2,1-2H3. The minimum absolute atomic E-state index is 0.0268. The van der Waals surface area contributed by atoms with Crippen LogP contribution in [-0.2, 0) is 20.8 Å². The lowest BCUT2D eigenvalue weighted by Crippen LogP contribution is -2.52. The second kappa shape index (κ2) is 8.85. The van der Waals surface area contributed by atoms with Gasteiger partial charge in [-0.2, -0.15) is 0 Å². The highest BCUT2D eigenvalue weighted by molar-refractivity contribution is 6.30. The molecule has 0 atom stereocenters. The van der Waals surface area contributed by atoms with Crippen LogP contribution in [0.1, 0.15) is 19.4 Å². The zero-order chi connectivity index (χ0) is 18.4. The molecule has 2 rings (SSSR count). The third-order valence-electron chi connectivity index (χ3n) is 4.41. The van der Waals surface area contributed by atoms with E-state index in [1.165, 1.54) is 13.8 Å². The largest absolute Gasteiger partial charge is 0.339 e. The molecule has 6 nitrogen and oxygen atoms in total. The van der Waals surface area contributed by atoms with Crippen molar-refractivity contribution in [1.82, 2.24) is 14.7 Å². The van der Waals surface area contributed by atoms with Crippen LogP contribution in [0.3, 0.4) is 0 Å². The normalized spacial score (nSPS) is 14.4. The van der Waals surface area contributed by atoms with Gasteiger partial charge in [-0.15, -0.1) is 0 Å². The number of carbonyl (C=O) groups is 3. The smallest absolute Gasteiger partial charge is 0.242 e. The van der Waals surface area contributed by atoms with E-state index in [1.807, 2.05) is 18.2 Å². The fourth-order valence-electron chi connectivity index (χ4n) is 2.84. The Kier molecular flexibility index (Phi) is 6.82. The molecule has 0 unspecified atom stereocenters. The van der Waals surface area contributed by atoms with E-state index < -0.39 is 0 Å². The summed E-state index contributed by atoms with van der Waals surface area (Å²) in [7, 11) is 0. The van der Waals surface area contributed by atoms with Crippen molar-refractivity contribution in [1.29, 1.82) is 0 Å². The van der Waals surface area contributed by atoms with E-state index in [-0.39, 0.29) is 24.3 Å². The predicted octanol–water partition coefficient (Wildman–Crippen LogP) is 1.42. The third kappa shape index (κ3) is 5.74. The summed E-state index contributed by atoms with van der Waals surface area (Å²) >= 11 is 5.97. The van der Waals surface area contributed by atoms with Gasteiger partial charge in [0.1, 0.15) is 0 Å². The highest BCUT2D eigenvalue weighted by Crippen LogP contribution is 2.12. The van der Waals surface area contributed by atoms with Gasteiger partial charge in [-0.1, -0.05) is 23.7 Å².